The molecule has 1 unspecified atom stereocenters. The molecule has 0 aliphatic heterocycles. The van der Waals surface area contributed by atoms with Gasteiger partial charge in [0.2, 0.25) is 0 Å². The Morgan fingerprint density at radius 2 is 1.88 bits per heavy atom. The number of hydrogen-bond acceptors (Lipinski definition) is 4. The van der Waals surface area contributed by atoms with Gasteiger partial charge < -0.3 is 19.7 Å². The molecule has 2 aromatic carbocycles. The van der Waals surface area contributed by atoms with Crippen molar-refractivity contribution in [1.29, 1.82) is 0 Å². The van der Waals surface area contributed by atoms with Crippen LogP contribution in [0.4, 0.5) is 4.79 Å². The van der Waals surface area contributed by atoms with Crippen LogP contribution in [0.2, 0.25) is 0 Å². The van der Waals surface area contributed by atoms with Crippen molar-refractivity contribution in [2.24, 2.45) is 0 Å². The van der Waals surface area contributed by atoms with E-state index in [1.807, 2.05) is 51.1 Å². The van der Waals surface area contributed by atoms with Crippen LogP contribution in [0.25, 0.3) is 0 Å². The van der Waals surface area contributed by atoms with Crippen LogP contribution in [0.3, 0.4) is 0 Å². The van der Waals surface area contributed by atoms with Crippen molar-refractivity contribution >= 4 is 6.16 Å². The number of hydrogen-bond donors (Lipinski definition) is 1. The van der Waals surface area contributed by atoms with Gasteiger partial charge in [0.25, 0.3) is 0 Å². The van der Waals surface area contributed by atoms with E-state index in [4.69, 9.17) is 14.6 Å². The molecule has 138 valence electrons. The van der Waals surface area contributed by atoms with E-state index in [9.17, 15) is 9.90 Å². The van der Waals surface area contributed by atoms with Crippen molar-refractivity contribution in [3.63, 3.8) is 0 Å². The van der Waals surface area contributed by atoms with E-state index in [0.717, 1.165) is 11.6 Å². The third-order valence-electron chi connectivity index (χ3n) is 4.10. The predicted octanol–water partition coefficient (Wildman–Crippen LogP) is 4.44. The van der Waals surface area contributed by atoms with E-state index in [0.29, 0.717) is 11.1 Å². The molecule has 0 fully saturated rings. The van der Waals surface area contributed by atoms with E-state index in [1.165, 1.54) is 7.11 Å². The van der Waals surface area contributed by atoms with Crippen molar-refractivity contribution in [1.82, 2.24) is 0 Å². The lowest BCUT2D eigenvalue weighted by atomic mass is 9.77. The first-order chi connectivity index (χ1) is 12.2. The van der Waals surface area contributed by atoms with Gasteiger partial charge in [-0.25, -0.2) is 4.79 Å². The summed E-state index contributed by atoms with van der Waals surface area (Å²) in [6, 6.07) is 10.7. The third kappa shape index (κ3) is 3.82. The molecule has 0 saturated carbocycles. The van der Waals surface area contributed by atoms with Gasteiger partial charge >= 0.3 is 6.16 Å². The quantitative estimate of drug-likeness (QED) is 0.487. The van der Waals surface area contributed by atoms with Crippen LogP contribution in [0.5, 0.6) is 17.2 Å². The van der Waals surface area contributed by atoms with E-state index in [2.05, 4.69) is 6.58 Å². The van der Waals surface area contributed by atoms with Crippen LogP contribution in [-0.2, 0) is 5.41 Å². The molecule has 0 spiro atoms. The second-order valence-corrected chi connectivity index (χ2v) is 6.94. The average Bonchev–Trinajstić information content (AvgIpc) is 2.56. The van der Waals surface area contributed by atoms with Gasteiger partial charge in [0.15, 0.2) is 11.5 Å². The Hall–Kier alpha value is -2.95. The first kappa shape index (κ1) is 19.4. The topological polar surface area (TPSA) is 78.8 Å². The molecule has 0 amide bonds. The molecule has 0 heterocycles. The van der Waals surface area contributed by atoms with Crippen LogP contribution >= 0.6 is 0 Å². The molecule has 0 aliphatic carbocycles. The summed E-state index contributed by atoms with van der Waals surface area (Å²) < 4.78 is 10.3. The lowest BCUT2D eigenvalue weighted by Gasteiger charge is -2.33. The van der Waals surface area contributed by atoms with E-state index < -0.39 is 11.6 Å². The summed E-state index contributed by atoms with van der Waals surface area (Å²) in [7, 11) is 1.43. The molecule has 1 N–H and O–H groups in total. The number of ether oxygens (including phenoxy) is 2. The van der Waals surface area contributed by atoms with Crippen molar-refractivity contribution in [2.75, 3.05) is 7.11 Å². The fourth-order valence-corrected chi connectivity index (χ4v) is 3.14. The first-order valence-corrected chi connectivity index (χ1v) is 8.21. The second kappa shape index (κ2) is 7.52. The van der Waals surface area contributed by atoms with Gasteiger partial charge in [0.05, 0.1) is 7.11 Å². The molecule has 0 saturated heterocycles. The molecular formula is C21H23O5-. The van der Waals surface area contributed by atoms with Gasteiger partial charge in [-0.05, 0) is 22.6 Å². The number of carbonyl (C=O) groups is 1. The molecular weight excluding hydrogens is 332 g/mol. The van der Waals surface area contributed by atoms with Crippen LogP contribution in [0.1, 0.15) is 43.4 Å². The van der Waals surface area contributed by atoms with Crippen molar-refractivity contribution in [2.45, 2.75) is 32.1 Å². The second-order valence-electron chi connectivity index (χ2n) is 6.94. The molecule has 26 heavy (non-hydrogen) atoms. The Kier molecular flexibility index (Phi) is 5.60. The van der Waals surface area contributed by atoms with Gasteiger partial charge in [-0.1, -0.05) is 57.2 Å². The highest BCUT2D eigenvalue weighted by Gasteiger charge is 2.30. The number of allylic oxidation sites excluding steroid dienone is 1. The molecule has 0 radical (unpaired) electrons. The number of methoxy groups -OCH3 is 1. The molecule has 0 aromatic heterocycles. The summed E-state index contributed by atoms with van der Waals surface area (Å²) in [5.74, 6) is -0.529. The maximum Gasteiger partial charge on any atom is 0.511 e. The minimum atomic E-state index is -1.50. The summed E-state index contributed by atoms with van der Waals surface area (Å²) in [6.07, 6.45) is 0.206. The van der Waals surface area contributed by atoms with Gasteiger partial charge in [-0.15, -0.1) is 12.3 Å². The lowest BCUT2D eigenvalue weighted by molar-refractivity contribution is -0.269. The molecule has 2 rings (SSSR count). The van der Waals surface area contributed by atoms with Crippen LogP contribution in [0.15, 0.2) is 49.1 Å². The normalized spacial score (nSPS) is 12.3. The van der Waals surface area contributed by atoms with Gasteiger partial charge in [-0.3, -0.25) is 0 Å². The van der Waals surface area contributed by atoms with Gasteiger partial charge in [-0.2, -0.15) is 0 Å². The number of benzene rings is 2. The molecule has 5 nitrogen and oxygen atoms in total. The third-order valence-corrected chi connectivity index (χ3v) is 4.10. The van der Waals surface area contributed by atoms with E-state index >= 15 is 0 Å². The molecule has 1 atom stereocenters. The molecule has 2 aromatic rings. The highest BCUT2D eigenvalue weighted by atomic mass is 16.7. The predicted molar refractivity (Wildman–Crippen MR) is 98.3 cm³/mol. The smallest absolute Gasteiger partial charge is 0.511 e. The summed E-state index contributed by atoms with van der Waals surface area (Å²) in [6.45, 7) is 9.70. The maximum absolute atomic E-state index is 13.0. The summed E-state index contributed by atoms with van der Waals surface area (Å²) in [5, 5.41) is 21.9. The summed E-state index contributed by atoms with van der Waals surface area (Å²) in [5.41, 5.74) is 1.54. The summed E-state index contributed by atoms with van der Waals surface area (Å²) in [4.78, 5) is 11.0. The maximum atomic E-state index is 13.0. The highest BCUT2D eigenvalue weighted by molar-refractivity contribution is 5.68. The van der Waals surface area contributed by atoms with E-state index in [-0.39, 0.29) is 23.2 Å². The zero-order valence-corrected chi connectivity index (χ0v) is 15.4. The van der Waals surface area contributed by atoms with Gasteiger partial charge in [0, 0.05) is 11.5 Å². The average molecular weight is 355 g/mol. The summed E-state index contributed by atoms with van der Waals surface area (Å²) >= 11 is 0. The fraction of sp³-hybridized carbons (Fsp3) is 0.286. The number of rotatable bonds is 5. The molecule has 0 aliphatic rings. The zero-order chi connectivity index (χ0) is 19.5. The Labute approximate surface area is 153 Å². The Morgan fingerprint density at radius 3 is 2.35 bits per heavy atom. The van der Waals surface area contributed by atoms with Crippen LogP contribution < -0.4 is 14.6 Å². The zero-order valence-electron chi connectivity index (χ0n) is 15.4. The van der Waals surface area contributed by atoms with Crippen molar-refractivity contribution in [3.8, 4) is 17.2 Å². The first-order valence-electron chi connectivity index (χ1n) is 8.21. The van der Waals surface area contributed by atoms with Crippen LogP contribution in [-0.4, -0.2) is 18.4 Å². The highest BCUT2D eigenvalue weighted by Crippen LogP contribution is 2.48. The SMILES string of the molecule is C=CC(c1ccccc1)c1c([O-])cc(OC(=O)O)c(OC)c1C(C)(C)C. The van der Waals surface area contributed by atoms with Crippen LogP contribution in [0, 0.1) is 0 Å². The van der Waals surface area contributed by atoms with Crippen molar-refractivity contribution in [3.05, 3.63) is 65.7 Å². The Morgan fingerprint density at radius 1 is 1.27 bits per heavy atom. The fourth-order valence-electron chi connectivity index (χ4n) is 3.14. The van der Waals surface area contributed by atoms with Crippen molar-refractivity contribution < 1.29 is 24.5 Å². The van der Waals surface area contributed by atoms with E-state index in [1.54, 1.807) is 6.08 Å². The monoisotopic (exact) mass is 355 g/mol. The van der Waals surface area contributed by atoms with Gasteiger partial charge in [0.1, 0.15) is 0 Å². The Bertz CT molecular complexity index is 803. The largest absolute Gasteiger partial charge is 0.872 e. The number of carboxylic acid groups (broad SMARTS) is 1. The minimum absolute atomic E-state index is 0.102. The Balaban J connectivity index is 2.84. The molecule has 5 heteroatoms. The standard InChI is InChI=1S/C21H24O5/c1-6-14(13-10-8-7-9-11-13)17-15(22)12-16(26-20(23)24)19(25-5)18(17)21(2,3)4/h6-12,14,22H,1H2,2-5H3,(H,23,24)/p-1. The minimum Gasteiger partial charge on any atom is -0.872 e. The molecule has 0 bridgehead atoms. The lowest BCUT2D eigenvalue weighted by Crippen LogP contribution is -2.21.